The first kappa shape index (κ1) is 16.4. The fourth-order valence-corrected chi connectivity index (χ4v) is 2.56. The molecule has 0 aromatic carbocycles. The molecule has 1 amide bonds. The minimum Gasteiger partial charge on any atom is -0.481 e. The molecule has 0 aromatic heterocycles. The predicted molar refractivity (Wildman–Crippen MR) is 78.4 cm³/mol. The van der Waals surface area contributed by atoms with Gasteiger partial charge in [-0.1, -0.05) is 18.6 Å². The molecule has 5 nitrogen and oxygen atoms in total. The zero-order chi connectivity index (χ0) is 15.0. The molecular weight excluding hydrogens is 256 g/mol. The Morgan fingerprint density at radius 2 is 1.90 bits per heavy atom. The summed E-state index contributed by atoms with van der Waals surface area (Å²) in [5.74, 6) is -0.800. The van der Waals surface area contributed by atoms with Gasteiger partial charge in [-0.2, -0.15) is 0 Å². The number of amides is 1. The topological polar surface area (TPSA) is 60.9 Å². The van der Waals surface area contributed by atoms with Crippen molar-refractivity contribution in [1.82, 2.24) is 9.80 Å². The first-order valence-corrected chi connectivity index (χ1v) is 7.04. The van der Waals surface area contributed by atoms with Gasteiger partial charge in [0.1, 0.15) is 0 Å². The van der Waals surface area contributed by atoms with Crippen LogP contribution in [0.15, 0.2) is 25.3 Å². The highest BCUT2D eigenvalue weighted by Crippen LogP contribution is 2.19. The third-order valence-electron chi connectivity index (χ3n) is 3.55. The average Bonchev–Trinajstić information content (AvgIpc) is 2.40. The summed E-state index contributed by atoms with van der Waals surface area (Å²) in [7, 11) is 0. The first-order valence-electron chi connectivity index (χ1n) is 7.04. The van der Waals surface area contributed by atoms with Gasteiger partial charge in [0.2, 0.25) is 5.91 Å². The lowest BCUT2D eigenvalue weighted by molar-refractivity contribution is -0.140. The predicted octanol–water partition coefficient (Wildman–Crippen LogP) is 1.52. The lowest BCUT2D eigenvalue weighted by Crippen LogP contribution is -2.47. The van der Waals surface area contributed by atoms with Crippen LogP contribution in [0.5, 0.6) is 0 Å². The molecule has 1 atom stereocenters. The van der Waals surface area contributed by atoms with Crippen molar-refractivity contribution < 1.29 is 14.7 Å². The Morgan fingerprint density at radius 3 is 2.45 bits per heavy atom. The van der Waals surface area contributed by atoms with Gasteiger partial charge in [-0.05, 0) is 19.4 Å². The molecule has 1 rings (SSSR count). The van der Waals surface area contributed by atoms with Crippen LogP contribution < -0.4 is 0 Å². The van der Waals surface area contributed by atoms with Gasteiger partial charge in [-0.25, -0.2) is 0 Å². The van der Waals surface area contributed by atoms with Gasteiger partial charge >= 0.3 is 5.97 Å². The Labute approximate surface area is 120 Å². The van der Waals surface area contributed by atoms with E-state index in [9.17, 15) is 9.59 Å². The number of aliphatic carboxylic acids is 1. The SMILES string of the molecule is C=CCN(CC=C)C(=O)CN1CCCCC1CC(=O)O. The number of carbonyl (C=O) groups excluding carboxylic acids is 1. The van der Waals surface area contributed by atoms with Crippen molar-refractivity contribution in [2.24, 2.45) is 0 Å². The minimum atomic E-state index is -0.802. The number of hydrogen-bond donors (Lipinski definition) is 1. The van der Waals surface area contributed by atoms with E-state index in [1.165, 1.54) is 0 Å². The Kier molecular flexibility index (Phi) is 7.01. The molecule has 0 radical (unpaired) electrons. The number of carboxylic acids is 1. The van der Waals surface area contributed by atoms with Gasteiger partial charge in [0.15, 0.2) is 0 Å². The Hall–Kier alpha value is -1.62. The normalized spacial score (nSPS) is 19.3. The van der Waals surface area contributed by atoms with Gasteiger partial charge in [-0.15, -0.1) is 13.2 Å². The van der Waals surface area contributed by atoms with E-state index in [1.807, 2.05) is 4.90 Å². The third kappa shape index (κ3) is 5.17. The lowest BCUT2D eigenvalue weighted by Gasteiger charge is -2.35. The fourth-order valence-electron chi connectivity index (χ4n) is 2.56. The molecule has 0 bridgehead atoms. The summed E-state index contributed by atoms with van der Waals surface area (Å²) >= 11 is 0. The van der Waals surface area contributed by atoms with Crippen molar-refractivity contribution in [2.75, 3.05) is 26.2 Å². The molecule has 1 unspecified atom stereocenters. The van der Waals surface area contributed by atoms with Gasteiger partial charge in [-0.3, -0.25) is 14.5 Å². The molecule has 1 fully saturated rings. The van der Waals surface area contributed by atoms with Crippen LogP contribution in [0.4, 0.5) is 0 Å². The maximum Gasteiger partial charge on any atom is 0.304 e. The Balaban J connectivity index is 2.61. The number of likely N-dealkylation sites (tertiary alicyclic amines) is 1. The van der Waals surface area contributed by atoms with Crippen LogP contribution in [-0.4, -0.2) is 59.0 Å². The van der Waals surface area contributed by atoms with Crippen LogP contribution >= 0.6 is 0 Å². The summed E-state index contributed by atoms with van der Waals surface area (Å²) in [6.45, 7) is 9.34. The van der Waals surface area contributed by atoms with Crippen molar-refractivity contribution >= 4 is 11.9 Å². The van der Waals surface area contributed by atoms with Crippen LogP contribution in [0.2, 0.25) is 0 Å². The van der Waals surface area contributed by atoms with E-state index in [0.717, 1.165) is 25.8 Å². The molecule has 112 valence electrons. The second kappa shape index (κ2) is 8.53. The monoisotopic (exact) mass is 280 g/mol. The zero-order valence-corrected chi connectivity index (χ0v) is 12.0. The van der Waals surface area contributed by atoms with Crippen LogP contribution in [0.3, 0.4) is 0 Å². The van der Waals surface area contributed by atoms with E-state index >= 15 is 0 Å². The van der Waals surface area contributed by atoms with Crippen molar-refractivity contribution in [3.8, 4) is 0 Å². The van der Waals surface area contributed by atoms with E-state index < -0.39 is 5.97 Å². The second-order valence-electron chi connectivity index (χ2n) is 5.09. The lowest BCUT2D eigenvalue weighted by atomic mass is 9.99. The van der Waals surface area contributed by atoms with Gasteiger partial charge in [0.05, 0.1) is 13.0 Å². The van der Waals surface area contributed by atoms with E-state index in [-0.39, 0.29) is 24.9 Å². The van der Waals surface area contributed by atoms with Crippen molar-refractivity contribution in [3.05, 3.63) is 25.3 Å². The molecule has 1 saturated heterocycles. The summed E-state index contributed by atoms with van der Waals surface area (Å²) in [4.78, 5) is 26.8. The quantitative estimate of drug-likeness (QED) is 0.685. The van der Waals surface area contributed by atoms with E-state index in [4.69, 9.17) is 5.11 Å². The molecule has 5 heteroatoms. The van der Waals surface area contributed by atoms with Crippen LogP contribution in [0.25, 0.3) is 0 Å². The molecule has 1 aliphatic rings. The maximum absolute atomic E-state index is 12.3. The number of piperidine rings is 1. The van der Waals surface area contributed by atoms with Gasteiger partial charge in [0, 0.05) is 19.1 Å². The molecule has 0 aromatic rings. The number of hydrogen-bond acceptors (Lipinski definition) is 3. The number of nitrogens with zero attached hydrogens (tertiary/aromatic N) is 2. The van der Waals surface area contributed by atoms with Crippen molar-refractivity contribution in [2.45, 2.75) is 31.7 Å². The first-order chi connectivity index (χ1) is 9.58. The van der Waals surface area contributed by atoms with E-state index in [0.29, 0.717) is 13.1 Å². The second-order valence-corrected chi connectivity index (χ2v) is 5.09. The summed E-state index contributed by atoms with van der Waals surface area (Å²) in [5.41, 5.74) is 0. The maximum atomic E-state index is 12.3. The number of carbonyl (C=O) groups is 2. The summed E-state index contributed by atoms with van der Waals surface area (Å²) in [5, 5.41) is 8.95. The van der Waals surface area contributed by atoms with Crippen LogP contribution in [0, 0.1) is 0 Å². The summed E-state index contributed by atoms with van der Waals surface area (Å²) in [6.07, 6.45) is 6.38. The molecule has 0 saturated carbocycles. The largest absolute Gasteiger partial charge is 0.481 e. The average molecular weight is 280 g/mol. The van der Waals surface area contributed by atoms with Crippen LogP contribution in [0.1, 0.15) is 25.7 Å². The van der Waals surface area contributed by atoms with Crippen molar-refractivity contribution in [3.63, 3.8) is 0 Å². The molecule has 0 spiro atoms. The fraction of sp³-hybridized carbons (Fsp3) is 0.600. The van der Waals surface area contributed by atoms with E-state index in [2.05, 4.69) is 13.2 Å². The zero-order valence-electron chi connectivity index (χ0n) is 12.0. The summed E-state index contributed by atoms with van der Waals surface area (Å²) < 4.78 is 0. The molecular formula is C15H24N2O3. The number of rotatable bonds is 8. The highest BCUT2D eigenvalue weighted by atomic mass is 16.4. The molecule has 1 aliphatic heterocycles. The third-order valence-corrected chi connectivity index (χ3v) is 3.55. The highest BCUT2D eigenvalue weighted by Gasteiger charge is 2.27. The molecule has 1 heterocycles. The van der Waals surface area contributed by atoms with Gasteiger partial charge in [0.25, 0.3) is 0 Å². The van der Waals surface area contributed by atoms with Crippen LogP contribution in [-0.2, 0) is 9.59 Å². The smallest absolute Gasteiger partial charge is 0.304 e. The number of carboxylic acid groups (broad SMARTS) is 1. The molecule has 0 aliphatic carbocycles. The Bertz CT molecular complexity index is 358. The molecule has 1 N–H and O–H groups in total. The van der Waals surface area contributed by atoms with E-state index in [1.54, 1.807) is 17.1 Å². The summed E-state index contributed by atoms with van der Waals surface area (Å²) in [6, 6.07) is -0.0282. The van der Waals surface area contributed by atoms with Crippen molar-refractivity contribution in [1.29, 1.82) is 0 Å². The highest BCUT2D eigenvalue weighted by molar-refractivity contribution is 5.78. The standard InChI is InChI=1S/C15H24N2O3/c1-3-8-16(9-4-2)14(18)12-17-10-6-5-7-13(17)11-15(19)20/h3-4,13H,1-2,5-12H2,(H,19,20). The minimum absolute atomic E-state index is 0.00193. The van der Waals surface area contributed by atoms with Gasteiger partial charge < -0.3 is 10.0 Å². The molecule has 20 heavy (non-hydrogen) atoms. The Morgan fingerprint density at radius 1 is 1.25 bits per heavy atom.